The smallest absolute Gasteiger partial charge is 0.265 e. The minimum atomic E-state index is -4.03. The molecule has 0 unspecified atom stereocenters. The minimum Gasteiger partial charge on any atom is -0.493 e. The summed E-state index contributed by atoms with van der Waals surface area (Å²) in [6, 6.07) is 16.5. The van der Waals surface area contributed by atoms with Crippen molar-refractivity contribution < 1.29 is 17.9 Å². The first kappa shape index (κ1) is 18.3. The number of nitrogens with two attached hydrogens (primary N) is 1. The van der Waals surface area contributed by atoms with Gasteiger partial charge in [-0.2, -0.15) is 0 Å². The fourth-order valence-electron chi connectivity index (χ4n) is 3.73. The lowest BCUT2D eigenvalue weighted by Gasteiger charge is -2.26. The number of hydrogen-bond donors (Lipinski definition) is 1. The Morgan fingerprint density at radius 1 is 1.07 bits per heavy atom. The first-order chi connectivity index (χ1) is 13.4. The second-order valence-corrected chi connectivity index (χ2v) is 8.38. The Morgan fingerprint density at radius 2 is 1.75 bits per heavy atom. The molecule has 7 heteroatoms. The van der Waals surface area contributed by atoms with Gasteiger partial charge in [-0.05, 0) is 30.7 Å². The van der Waals surface area contributed by atoms with Crippen molar-refractivity contribution in [1.29, 1.82) is 0 Å². The normalized spacial score (nSPS) is 16.2. The summed E-state index contributed by atoms with van der Waals surface area (Å²) in [4.78, 5) is 12.2. The highest BCUT2D eigenvalue weighted by Crippen LogP contribution is 2.39. The summed E-state index contributed by atoms with van der Waals surface area (Å²) in [5.41, 5.74) is 6.83. The molecular formula is C21H20N2O4S. The van der Waals surface area contributed by atoms with Crippen molar-refractivity contribution in [2.45, 2.75) is 24.3 Å². The molecule has 0 fully saturated rings. The van der Waals surface area contributed by atoms with E-state index in [-0.39, 0.29) is 11.3 Å². The number of sulfonamides is 1. The Balaban J connectivity index is 1.94. The molecule has 144 valence electrons. The highest BCUT2D eigenvalue weighted by Gasteiger charge is 2.41. The zero-order valence-electron chi connectivity index (χ0n) is 15.3. The quantitative estimate of drug-likeness (QED) is 0.718. The van der Waals surface area contributed by atoms with E-state index in [4.69, 9.17) is 10.5 Å². The third kappa shape index (κ3) is 2.79. The lowest BCUT2D eigenvalue weighted by Crippen LogP contribution is -2.46. The molecule has 1 heterocycles. The van der Waals surface area contributed by atoms with Crippen molar-refractivity contribution in [1.82, 2.24) is 0 Å². The van der Waals surface area contributed by atoms with Crippen LogP contribution in [0.1, 0.15) is 12.5 Å². The van der Waals surface area contributed by atoms with E-state index in [2.05, 4.69) is 0 Å². The van der Waals surface area contributed by atoms with Crippen LogP contribution in [0.15, 0.2) is 65.6 Å². The van der Waals surface area contributed by atoms with Gasteiger partial charge in [0.2, 0.25) is 5.91 Å². The fourth-order valence-corrected chi connectivity index (χ4v) is 5.59. The molecule has 0 saturated carbocycles. The number of carbonyl (C=O) groups is 1. The lowest BCUT2D eigenvalue weighted by molar-refractivity contribution is -0.118. The minimum absolute atomic E-state index is 0.120. The molecule has 3 aromatic carbocycles. The van der Waals surface area contributed by atoms with Crippen LogP contribution in [0.2, 0.25) is 0 Å². The molecule has 0 aliphatic carbocycles. The molecule has 1 aliphatic heterocycles. The first-order valence-corrected chi connectivity index (χ1v) is 10.5. The number of fused-ring (bicyclic) bond motifs is 2. The summed E-state index contributed by atoms with van der Waals surface area (Å²) >= 11 is 0. The largest absolute Gasteiger partial charge is 0.493 e. The number of para-hydroxylation sites is 1. The Bertz CT molecular complexity index is 1170. The molecule has 28 heavy (non-hydrogen) atoms. The van der Waals surface area contributed by atoms with Gasteiger partial charge < -0.3 is 10.5 Å². The Kier molecular flexibility index (Phi) is 4.47. The standard InChI is InChI=1S/C21H20N2O4S/c1-2-27-19-11-12-20(16-9-5-4-8-15(16)19)28(25,26)23-17-10-6-3-7-14(17)13-18(23)21(22)24/h3-12,18H,2,13H2,1H3,(H2,22,24)/t18-/m0/s1. The van der Waals surface area contributed by atoms with Crippen LogP contribution in [-0.4, -0.2) is 27.0 Å². The number of rotatable bonds is 5. The van der Waals surface area contributed by atoms with Gasteiger partial charge in [0.1, 0.15) is 11.8 Å². The summed E-state index contributed by atoms with van der Waals surface area (Å²) in [6.45, 7) is 2.34. The second-order valence-electron chi connectivity index (χ2n) is 6.59. The molecule has 1 aliphatic rings. The molecule has 3 aromatic rings. The lowest BCUT2D eigenvalue weighted by atomic mass is 10.1. The molecule has 0 spiro atoms. The number of benzene rings is 3. The van der Waals surface area contributed by atoms with Crippen LogP contribution in [0, 0.1) is 0 Å². The van der Waals surface area contributed by atoms with Crippen molar-refractivity contribution in [3.63, 3.8) is 0 Å². The van der Waals surface area contributed by atoms with Crippen LogP contribution in [-0.2, 0) is 21.2 Å². The zero-order valence-corrected chi connectivity index (χ0v) is 16.1. The number of anilines is 1. The van der Waals surface area contributed by atoms with E-state index in [0.29, 0.717) is 28.8 Å². The first-order valence-electron chi connectivity index (χ1n) is 9.01. The highest BCUT2D eigenvalue weighted by atomic mass is 32.2. The second kappa shape index (κ2) is 6.83. The fraction of sp³-hybridized carbons (Fsp3) is 0.190. The van der Waals surface area contributed by atoms with Gasteiger partial charge in [-0.15, -0.1) is 0 Å². The van der Waals surface area contributed by atoms with Crippen LogP contribution >= 0.6 is 0 Å². The van der Waals surface area contributed by atoms with Gasteiger partial charge in [-0.3, -0.25) is 9.10 Å². The molecule has 2 N–H and O–H groups in total. The number of ether oxygens (including phenoxy) is 1. The summed E-state index contributed by atoms with van der Waals surface area (Å²) in [6.07, 6.45) is 0.264. The van der Waals surface area contributed by atoms with E-state index in [1.807, 2.05) is 31.2 Å². The van der Waals surface area contributed by atoms with Crippen molar-refractivity contribution in [2.75, 3.05) is 10.9 Å². The topological polar surface area (TPSA) is 89.7 Å². The molecule has 0 saturated heterocycles. The average Bonchev–Trinajstić information content (AvgIpc) is 3.09. The van der Waals surface area contributed by atoms with E-state index >= 15 is 0 Å². The maximum atomic E-state index is 13.7. The predicted molar refractivity (Wildman–Crippen MR) is 108 cm³/mol. The number of primary amides is 1. The van der Waals surface area contributed by atoms with Crippen LogP contribution in [0.3, 0.4) is 0 Å². The summed E-state index contributed by atoms with van der Waals surface area (Å²) in [7, 11) is -4.03. The Labute approximate surface area is 163 Å². The van der Waals surface area contributed by atoms with E-state index in [1.54, 1.807) is 30.3 Å². The highest BCUT2D eigenvalue weighted by molar-refractivity contribution is 7.93. The van der Waals surface area contributed by atoms with E-state index in [9.17, 15) is 13.2 Å². The van der Waals surface area contributed by atoms with E-state index < -0.39 is 22.0 Å². The maximum absolute atomic E-state index is 13.7. The van der Waals surface area contributed by atoms with Crippen LogP contribution < -0.4 is 14.8 Å². The number of hydrogen-bond acceptors (Lipinski definition) is 4. The van der Waals surface area contributed by atoms with Gasteiger partial charge in [-0.25, -0.2) is 8.42 Å². The van der Waals surface area contributed by atoms with Crippen LogP contribution in [0.5, 0.6) is 5.75 Å². The predicted octanol–water partition coefficient (Wildman–Crippen LogP) is 2.84. The average molecular weight is 396 g/mol. The zero-order chi connectivity index (χ0) is 19.9. The third-order valence-corrected chi connectivity index (χ3v) is 6.82. The number of carbonyl (C=O) groups excluding carboxylic acids is 1. The summed E-state index contributed by atoms with van der Waals surface area (Å²) in [5.74, 6) is -0.0552. The monoisotopic (exact) mass is 396 g/mol. The number of nitrogens with zero attached hydrogens (tertiary/aromatic N) is 1. The van der Waals surface area contributed by atoms with Crippen LogP contribution in [0.25, 0.3) is 10.8 Å². The molecule has 6 nitrogen and oxygen atoms in total. The van der Waals surface area contributed by atoms with E-state index in [0.717, 1.165) is 9.87 Å². The van der Waals surface area contributed by atoms with Gasteiger partial charge in [0.25, 0.3) is 10.0 Å². The van der Waals surface area contributed by atoms with Gasteiger partial charge in [0.15, 0.2) is 0 Å². The molecule has 0 radical (unpaired) electrons. The molecule has 1 atom stereocenters. The van der Waals surface area contributed by atoms with E-state index in [1.165, 1.54) is 6.07 Å². The molecular weight excluding hydrogens is 376 g/mol. The molecule has 4 rings (SSSR count). The third-order valence-electron chi connectivity index (χ3n) is 4.93. The van der Waals surface area contributed by atoms with Crippen molar-refractivity contribution in [2.24, 2.45) is 5.73 Å². The van der Waals surface area contributed by atoms with Gasteiger partial charge >= 0.3 is 0 Å². The Morgan fingerprint density at radius 3 is 2.46 bits per heavy atom. The van der Waals surface area contributed by atoms with Gasteiger partial charge in [0.05, 0.1) is 17.2 Å². The summed E-state index contributed by atoms with van der Waals surface area (Å²) < 4.78 is 34.1. The molecule has 0 bridgehead atoms. The summed E-state index contributed by atoms with van der Waals surface area (Å²) in [5, 5.41) is 1.24. The molecule has 0 aromatic heterocycles. The van der Waals surface area contributed by atoms with Crippen molar-refractivity contribution in [3.8, 4) is 5.75 Å². The van der Waals surface area contributed by atoms with Crippen molar-refractivity contribution in [3.05, 3.63) is 66.2 Å². The maximum Gasteiger partial charge on any atom is 0.265 e. The van der Waals surface area contributed by atoms with Gasteiger partial charge in [0, 0.05) is 17.2 Å². The SMILES string of the molecule is CCOc1ccc(S(=O)(=O)N2c3ccccc3C[C@H]2C(N)=O)c2ccccc12. The van der Waals surface area contributed by atoms with Crippen molar-refractivity contribution >= 4 is 32.4 Å². The number of amides is 1. The molecule has 1 amide bonds. The van der Waals surface area contributed by atoms with Crippen LogP contribution in [0.4, 0.5) is 5.69 Å². The van der Waals surface area contributed by atoms with Gasteiger partial charge in [-0.1, -0.05) is 42.5 Å². The Hall–Kier alpha value is -3.06.